The lowest BCUT2D eigenvalue weighted by Gasteiger charge is -2.27. The summed E-state index contributed by atoms with van der Waals surface area (Å²) >= 11 is 0. The van der Waals surface area contributed by atoms with Gasteiger partial charge in [0.15, 0.2) is 0 Å². The molecule has 3 aromatic heterocycles. The monoisotopic (exact) mass is 424 g/mol. The number of carbonyl (C=O) groups is 1. The molecular weight excluding hydrogens is 400 g/mol. The molecule has 7 heteroatoms. The fraction of sp³-hybridized carbons (Fsp3) is 0.240. The van der Waals surface area contributed by atoms with Gasteiger partial charge in [-0.25, -0.2) is 9.97 Å². The Morgan fingerprint density at radius 3 is 2.59 bits per heavy atom. The van der Waals surface area contributed by atoms with E-state index in [1.807, 2.05) is 55.5 Å². The van der Waals surface area contributed by atoms with Crippen LogP contribution >= 0.6 is 0 Å². The number of hydrogen-bond acceptors (Lipinski definition) is 6. The van der Waals surface area contributed by atoms with Gasteiger partial charge in [-0.15, -0.1) is 0 Å². The number of piperidine rings is 1. The van der Waals surface area contributed by atoms with E-state index in [9.17, 15) is 4.79 Å². The molecular formula is C25H24N6O. The van der Waals surface area contributed by atoms with Crippen molar-refractivity contribution in [1.29, 1.82) is 0 Å². The van der Waals surface area contributed by atoms with Crippen molar-refractivity contribution in [2.75, 3.05) is 23.3 Å². The van der Waals surface area contributed by atoms with Crippen LogP contribution in [0.25, 0.3) is 22.3 Å². The summed E-state index contributed by atoms with van der Waals surface area (Å²) in [6, 6.07) is 15.3. The third kappa shape index (κ3) is 4.01. The van der Waals surface area contributed by atoms with Crippen LogP contribution in [0.2, 0.25) is 0 Å². The van der Waals surface area contributed by atoms with Crippen molar-refractivity contribution in [2.45, 2.75) is 26.2 Å². The zero-order valence-electron chi connectivity index (χ0n) is 18.0. The average molecular weight is 425 g/mol. The van der Waals surface area contributed by atoms with Gasteiger partial charge in [0.25, 0.3) is 5.91 Å². The number of nitrogens with zero attached hydrogens (tertiary/aromatic N) is 5. The summed E-state index contributed by atoms with van der Waals surface area (Å²) in [5.41, 5.74) is 3.96. The van der Waals surface area contributed by atoms with E-state index >= 15 is 0 Å². The number of anilines is 2. The molecule has 0 atom stereocenters. The SMILES string of the molecule is Cc1cc(NC(=O)c2cnc(N3CCCCC3)nc2-c2ccccn2)c2ccccc2n1. The van der Waals surface area contributed by atoms with E-state index in [2.05, 4.69) is 25.2 Å². The molecule has 0 spiro atoms. The Kier molecular flexibility index (Phi) is 5.46. The molecule has 0 aliphatic carbocycles. The van der Waals surface area contributed by atoms with Gasteiger partial charge in [-0.1, -0.05) is 24.3 Å². The predicted octanol–water partition coefficient (Wildman–Crippen LogP) is 4.64. The van der Waals surface area contributed by atoms with E-state index < -0.39 is 0 Å². The number of fused-ring (bicyclic) bond motifs is 1. The maximum Gasteiger partial charge on any atom is 0.259 e. The number of para-hydroxylation sites is 1. The van der Waals surface area contributed by atoms with E-state index in [4.69, 9.17) is 4.98 Å². The van der Waals surface area contributed by atoms with E-state index in [1.165, 1.54) is 6.42 Å². The first-order valence-corrected chi connectivity index (χ1v) is 10.9. The number of rotatable bonds is 4. The van der Waals surface area contributed by atoms with Crippen molar-refractivity contribution in [3.8, 4) is 11.4 Å². The smallest absolute Gasteiger partial charge is 0.259 e. The highest BCUT2D eigenvalue weighted by molar-refractivity contribution is 6.11. The topological polar surface area (TPSA) is 83.9 Å². The van der Waals surface area contributed by atoms with Crippen LogP contribution in [-0.2, 0) is 0 Å². The van der Waals surface area contributed by atoms with Gasteiger partial charge in [0.05, 0.1) is 22.5 Å². The van der Waals surface area contributed by atoms with E-state index in [0.29, 0.717) is 28.6 Å². The first-order chi connectivity index (χ1) is 15.7. The number of aromatic nitrogens is 4. The molecule has 1 fully saturated rings. The molecule has 1 saturated heterocycles. The Hall–Kier alpha value is -3.87. The minimum Gasteiger partial charge on any atom is -0.341 e. The van der Waals surface area contributed by atoms with Crippen LogP contribution in [0, 0.1) is 6.92 Å². The van der Waals surface area contributed by atoms with Crippen LogP contribution in [0.4, 0.5) is 11.6 Å². The molecule has 0 bridgehead atoms. The standard InChI is InChI=1S/C25H24N6O/c1-17-15-22(18-9-3-4-10-20(18)28-17)29-24(32)19-16-27-25(31-13-7-2-8-14-31)30-23(19)21-11-5-6-12-26-21/h3-6,9-12,15-16H,2,7-8,13-14H2,1H3,(H,28,29,32). The predicted molar refractivity (Wildman–Crippen MR) is 126 cm³/mol. The molecule has 1 N–H and O–H groups in total. The fourth-order valence-electron chi connectivity index (χ4n) is 4.08. The minimum absolute atomic E-state index is 0.272. The normalized spacial score (nSPS) is 13.8. The van der Waals surface area contributed by atoms with Gasteiger partial charge in [0.2, 0.25) is 5.95 Å². The molecule has 0 saturated carbocycles. The summed E-state index contributed by atoms with van der Waals surface area (Å²) in [5, 5.41) is 3.94. The third-order valence-corrected chi connectivity index (χ3v) is 5.66. The Morgan fingerprint density at radius 1 is 0.969 bits per heavy atom. The van der Waals surface area contributed by atoms with Crippen molar-refractivity contribution in [2.24, 2.45) is 0 Å². The van der Waals surface area contributed by atoms with E-state index in [0.717, 1.165) is 42.5 Å². The zero-order chi connectivity index (χ0) is 21.9. The largest absolute Gasteiger partial charge is 0.341 e. The second-order valence-corrected chi connectivity index (χ2v) is 7.98. The number of amides is 1. The Morgan fingerprint density at radius 2 is 1.78 bits per heavy atom. The highest BCUT2D eigenvalue weighted by Gasteiger charge is 2.21. The second kappa shape index (κ2) is 8.70. The molecule has 5 rings (SSSR count). The van der Waals surface area contributed by atoms with Crippen molar-refractivity contribution < 1.29 is 4.79 Å². The molecule has 1 aliphatic rings. The minimum atomic E-state index is -0.272. The summed E-state index contributed by atoms with van der Waals surface area (Å²) in [4.78, 5) is 33.9. The summed E-state index contributed by atoms with van der Waals surface area (Å²) < 4.78 is 0. The van der Waals surface area contributed by atoms with Crippen LogP contribution in [0.1, 0.15) is 35.3 Å². The number of pyridine rings is 2. The Balaban J connectivity index is 1.54. The van der Waals surface area contributed by atoms with Gasteiger partial charge in [-0.2, -0.15) is 0 Å². The van der Waals surface area contributed by atoms with Crippen molar-refractivity contribution in [3.63, 3.8) is 0 Å². The van der Waals surface area contributed by atoms with Gasteiger partial charge in [-0.3, -0.25) is 14.8 Å². The average Bonchev–Trinajstić information content (AvgIpc) is 2.84. The molecule has 4 aromatic rings. The maximum atomic E-state index is 13.4. The van der Waals surface area contributed by atoms with Gasteiger partial charge in [-0.05, 0) is 50.5 Å². The maximum absolute atomic E-state index is 13.4. The lowest BCUT2D eigenvalue weighted by atomic mass is 10.1. The van der Waals surface area contributed by atoms with E-state index in [1.54, 1.807) is 12.4 Å². The molecule has 7 nitrogen and oxygen atoms in total. The third-order valence-electron chi connectivity index (χ3n) is 5.66. The molecule has 32 heavy (non-hydrogen) atoms. The summed E-state index contributed by atoms with van der Waals surface area (Å²) in [6.07, 6.45) is 6.80. The number of hydrogen-bond donors (Lipinski definition) is 1. The highest BCUT2D eigenvalue weighted by atomic mass is 16.1. The van der Waals surface area contributed by atoms with Crippen LogP contribution in [0.5, 0.6) is 0 Å². The van der Waals surface area contributed by atoms with Crippen LogP contribution < -0.4 is 10.2 Å². The number of aryl methyl sites for hydroxylation is 1. The zero-order valence-corrected chi connectivity index (χ0v) is 18.0. The lowest BCUT2D eigenvalue weighted by molar-refractivity contribution is 0.102. The summed E-state index contributed by atoms with van der Waals surface area (Å²) in [5.74, 6) is 0.374. The second-order valence-electron chi connectivity index (χ2n) is 7.98. The summed E-state index contributed by atoms with van der Waals surface area (Å²) in [7, 11) is 0. The van der Waals surface area contributed by atoms with Crippen LogP contribution in [-0.4, -0.2) is 38.9 Å². The molecule has 1 aromatic carbocycles. The van der Waals surface area contributed by atoms with Crippen LogP contribution in [0.15, 0.2) is 60.9 Å². The fourth-order valence-corrected chi connectivity index (χ4v) is 4.08. The molecule has 160 valence electrons. The molecule has 0 radical (unpaired) electrons. The van der Waals surface area contributed by atoms with Gasteiger partial charge < -0.3 is 10.2 Å². The van der Waals surface area contributed by atoms with Gasteiger partial charge in [0.1, 0.15) is 5.69 Å². The van der Waals surface area contributed by atoms with Gasteiger partial charge in [0, 0.05) is 36.6 Å². The molecule has 4 heterocycles. The number of carbonyl (C=O) groups excluding carboxylic acids is 1. The lowest BCUT2D eigenvalue weighted by Crippen LogP contribution is -2.31. The van der Waals surface area contributed by atoms with Crippen molar-refractivity contribution >= 4 is 28.4 Å². The summed E-state index contributed by atoms with van der Waals surface area (Å²) in [6.45, 7) is 3.77. The Bertz CT molecular complexity index is 1270. The molecule has 0 unspecified atom stereocenters. The van der Waals surface area contributed by atoms with Crippen molar-refractivity contribution in [1.82, 2.24) is 19.9 Å². The number of benzene rings is 1. The first kappa shape index (κ1) is 20.1. The highest BCUT2D eigenvalue weighted by Crippen LogP contribution is 2.27. The van der Waals surface area contributed by atoms with Crippen molar-refractivity contribution in [3.05, 3.63) is 72.2 Å². The number of nitrogens with one attached hydrogen (secondary N) is 1. The van der Waals surface area contributed by atoms with E-state index in [-0.39, 0.29) is 5.91 Å². The quantitative estimate of drug-likeness (QED) is 0.514. The Labute approximate surface area is 186 Å². The van der Waals surface area contributed by atoms with Crippen LogP contribution in [0.3, 0.4) is 0 Å². The molecule has 1 aliphatic heterocycles. The molecule has 1 amide bonds. The van der Waals surface area contributed by atoms with Gasteiger partial charge >= 0.3 is 0 Å². The first-order valence-electron chi connectivity index (χ1n) is 10.9.